The Morgan fingerprint density at radius 1 is 1.03 bits per heavy atom. The Balaban J connectivity index is 0.00000241. The van der Waals surface area contributed by atoms with Gasteiger partial charge in [-0.3, -0.25) is 9.69 Å². The molecule has 0 spiro atoms. The Morgan fingerprint density at radius 3 is 2.65 bits per heavy atom. The van der Waals surface area contributed by atoms with Gasteiger partial charge in [-0.05, 0) is 53.6 Å². The van der Waals surface area contributed by atoms with Crippen molar-refractivity contribution in [2.75, 3.05) is 18.4 Å². The fourth-order valence-corrected chi connectivity index (χ4v) is 6.92. The zero-order valence-corrected chi connectivity index (χ0v) is 21.2. The molecule has 6 rings (SSSR count). The third kappa shape index (κ3) is 4.12. The van der Waals surface area contributed by atoms with Gasteiger partial charge >= 0.3 is 0 Å². The van der Waals surface area contributed by atoms with Crippen molar-refractivity contribution in [3.05, 3.63) is 82.7 Å². The summed E-state index contributed by atoms with van der Waals surface area (Å²) in [7, 11) is 0. The summed E-state index contributed by atoms with van der Waals surface area (Å²) in [5, 5.41) is 7.36. The van der Waals surface area contributed by atoms with Gasteiger partial charge in [-0.25, -0.2) is 4.98 Å². The molecule has 1 amide bonds. The molecule has 0 aliphatic carbocycles. The molecule has 1 aliphatic rings. The topological polar surface area (TPSA) is 45.2 Å². The summed E-state index contributed by atoms with van der Waals surface area (Å²) in [6.07, 6.45) is 0.983. The molecule has 3 heterocycles. The normalized spacial score (nSPS) is 13.6. The molecule has 1 aliphatic heterocycles. The van der Waals surface area contributed by atoms with E-state index in [2.05, 4.69) is 41.4 Å². The first kappa shape index (κ1) is 23.0. The number of likely N-dealkylation sites (N-methyl/N-ethyl adjacent to an activating group) is 1. The quantitative estimate of drug-likeness (QED) is 0.280. The summed E-state index contributed by atoms with van der Waals surface area (Å²) < 4.78 is 1.17. The van der Waals surface area contributed by atoms with Crippen LogP contribution in [0.3, 0.4) is 0 Å². The molecule has 1 N–H and O–H groups in total. The average molecular weight is 506 g/mol. The Labute approximate surface area is 212 Å². The maximum Gasteiger partial charge on any atom is 0.256 e. The SMILES string of the molecule is CCN1CCc2c(sc(NC(=O)c3ccc4ccccc4c3)c2-c2nc3ccccc3s2)C1.Cl. The molecular formula is C27H24ClN3OS2. The third-order valence-electron chi connectivity index (χ3n) is 6.33. The number of amides is 1. The smallest absolute Gasteiger partial charge is 0.256 e. The summed E-state index contributed by atoms with van der Waals surface area (Å²) >= 11 is 3.41. The number of carbonyl (C=O) groups is 1. The minimum atomic E-state index is -0.0749. The number of halogens is 1. The lowest BCUT2D eigenvalue weighted by Gasteiger charge is -2.25. The lowest BCUT2D eigenvalue weighted by Crippen LogP contribution is -2.29. The van der Waals surface area contributed by atoms with Crippen molar-refractivity contribution in [1.29, 1.82) is 0 Å². The minimum absolute atomic E-state index is 0. The first-order valence-corrected chi connectivity index (χ1v) is 12.9. The van der Waals surface area contributed by atoms with Gasteiger partial charge in [0.1, 0.15) is 10.0 Å². The number of benzene rings is 3. The molecule has 2 aromatic heterocycles. The first-order valence-electron chi connectivity index (χ1n) is 11.2. The molecule has 7 heteroatoms. The highest BCUT2D eigenvalue weighted by atomic mass is 35.5. The van der Waals surface area contributed by atoms with Gasteiger partial charge < -0.3 is 5.32 Å². The lowest BCUT2D eigenvalue weighted by molar-refractivity contribution is 0.102. The third-order valence-corrected chi connectivity index (χ3v) is 8.52. The Hall–Kier alpha value is -2.77. The summed E-state index contributed by atoms with van der Waals surface area (Å²) in [4.78, 5) is 22.1. The minimum Gasteiger partial charge on any atom is -0.313 e. The van der Waals surface area contributed by atoms with E-state index >= 15 is 0 Å². The highest BCUT2D eigenvalue weighted by molar-refractivity contribution is 7.23. The van der Waals surface area contributed by atoms with Crippen LogP contribution in [0, 0.1) is 0 Å². The van der Waals surface area contributed by atoms with Crippen molar-refractivity contribution in [2.24, 2.45) is 0 Å². The van der Waals surface area contributed by atoms with Crippen LogP contribution in [0.15, 0.2) is 66.7 Å². The van der Waals surface area contributed by atoms with Crippen molar-refractivity contribution in [1.82, 2.24) is 9.88 Å². The molecule has 34 heavy (non-hydrogen) atoms. The fraction of sp³-hybridized carbons (Fsp3) is 0.185. The first-order chi connectivity index (χ1) is 16.2. The van der Waals surface area contributed by atoms with Crippen molar-refractivity contribution in [3.63, 3.8) is 0 Å². The van der Waals surface area contributed by atoms with Crippen LogP contribution in [-0.2, 0) is 13.0 Å². The largest absolute Gasteiger partial charge is 0.313 e. The van der Waals surface area contributed by atoms with Crippen molar-refractivity contribution in [2.45, 2.75) is 19.9 Å². The number of thiophene rings is 1. The molecule has 172 valence electrons. The van der Waals surface area contributed by atoms with Gasteiger partial charge in [-0.15, -0.1) is 35.1 Å². The van der Waals surface area contributed by atoms with E-state index in [1.807, 2.05) is 42.5 Å². The van der Waals surface area contributed by atoms with E-state index < -0.39 is 0 Å². The summed E-state index contributed by atoms with van der Waals surface area (Å²) in [6, 6.07) is 22.3. The second-order valence-corrected chi connectivity index (χ2v) is 10.5. The number of hydrogen-bond acceptors (Lipinski definition) is 5. The van der Waals surface area contributed by atoms with Crippen LogP contribution in [0.5, 0.6) is 0 Å². The Morgan fingerprint density at radius 2 is 1.82 bits per heavy atom. The van der Waals surface area contributed by atoms with E-state index in [9.17, 15) is 4.79 Å². The number of fused-ring (bicyclic) bond motifs is 3. The number of thiazole rings is 1. The van der Waals surface area contributed by atoms with Gasteiger partial charge in [0.15, 0.2) is 0 Å². The number of anilines is 1. The lowest BCUT2D eigenvalue weighted by atomic mass is 10.0. The highest BCUT2D eigenvalue weighted by Crippen LogP contribution is 2.45. The molecule has 0 atom stereocenters. The molecule has 0 saturated carbocycles. The van der Waals surface area contributed by atoms with Crippen molar-refractivity contribution < 1.29 is 4.79 Å². The molecule has 0 unspecified atom stereocenters. The number of nitrogens with zero attached hydrogens (tertiary/aromatic N) is 2. The molecule has 0 fully saturated rings. The number of rotatable bonds is 4. The molecule has 5 aromatic rings. The summed E-state index contributed by atoms with van der Waals surface area (Å²) in [5.74, 6) is -0.0749. The number of aromatic nitrogens is 1. The van der Waals surface area contributed by atoms with Gasteiger partial charge in [0, 0.05) is 29.1 Å². The van der Waals surface area contributed by atoms with E-state index in [1.165, 1.54) is 15.1 Å². The van der Waals surface area contributed by atoms with E-state index in [-0.39, 0.29) is 18.3 Å². The number of para-hydroxylation sites is 1. The van der Waals surface area contributed by atoms with E-state index in [0.717, 1.165) is 57.9 Å². The summed E-state index contributed by atoms with van der Waals surface area (Å²) in [5.41, 5.74) is 4.14. The van der Waals surface area contributed by atoms with Crippen LogP contribution < -0.4 is 5.32 Å². The fourth-order valence-electron chi connectivity index (χ4n) is 4.53. The van der Waals surface area contributed by atoms with E-state index in [1.54, 1.807) is 22.7 Å². The standard InChI is InChI=1S/C27H23N3OS2.ClH/c1-2-30-14-13-20-23(16-30)33-27(24(20)26-28-21-9-5-6-10-22(21)32-26)29-25(31)19-12-11-17-7-3-4-8-18(17)15-19;/h3-12,15H,2,13-14,16H2,1H3,(H,29,31);1H. The molecule has 4 nitrogen and oxygen atoms in total. The van der Waals surface area contributed by atoms with Crippen molar-refractivity contribution in [3.8, 4) is 10.6 Å². The zero-order chi connectivity index (χ0) is 22.4. The van der Waals surface area contributed by atoms with Crippen LogP contribution in [-0.4, -0.2) is 28.9 Å². The monoisotopic (exact) mass is 505 g/mol. The van der Waals surface area contributed by atoms with Gasteiger partial charge in [-0.1, -0.05) is 49.4 Å². The molecule has 0 radical (unpaired) electrons. The number of nitrogens with one attached hydrogen (secondary N) is 1. The Kier molecular flexibility index (Phi) is 6.40. The van der Waals surface area contributed by atoms with E-state index in [0.29, 0.717) is 5.56 Å². The van der Waals surface area contributed by atoms with Gasteiger partial charge in [0.2, 0.25) is 0 Å². The van der Waals surface area contributed by atoms with E-state index in [4.69, 9.17) is 4.98 Å². The maximum absolute atomic E-state index is 13.3. The summed E-state index contributed by atoms with van der Waals surface area (Å²) in [6.45, 7) is 5.21. The maximum atomic E-state index is 13.3. The number of carbonyl (C=O) groups excluding carboxylic acids is 1. The highest BCUT2D eigenvalue weighted by Gasteiger charge is 2.27. The predicted octanol–water partition coefficient (Wildman–Crippen LogP) is 7.23. The van der Waals surface area contributed by atoms with Crippen molar-refractivity contribution >= 4 is 67.0 Å². The van der Waals surface area contributed by atoms with Gasteiger partial charge in [0.25, 0.3) is 5.91 Å². The van der Waals surface area contributed by atoms with Crippen LogP contribution in [0.25, 0.3) is 31.6 Å². The molecule has 3 aromatic carbocycles. The van der Waals surface area contributed by atoms with Gasteiger partial charge in [-0.2, -0.15) is 0 Å². The Bertz CT molecular complexity index is 1470. The molecule has 0 saturated heterocycles. The molecular weight excluding hydrogens is 482 g/mol. The molecule has 0 bridgehead atoms. The zero-order valence-electron chi connectivity index (χ0n) is 18.7. The van der Waals surface area contributed by atoms with Crippen LogP contribution in [0.2, 0.25) is 0 Å². The second kappa shape index (κ2) is 9.47. The van der Waals surface area contributed by atoms with Crippen LogP contribution in [0.4, 0.5) is 5.00 Å². The number of hydrogen-bond donors (Lipinski definition) is 1. The predicted molar refractivity (Wildman–Crippen MR) is 147 cm³/mol. The van der Waals surface area contributed by atoms with Gasteiger partial charge in [0.05, 0.1) is 10.2 Å². The van der Waals surface area contributed by atoms with Crippen LogP contribution >= 0.6 is 35.1 Å². The average Bonchev–Trinajstić information content (AvgIpc) is 3.43. The van der Waals surface area contributed by atoms with Crippen LogP contribution in [0.1, 0.15) is 27.7 Å². The second-order valence-electron chi connectivity index (χ2n) is 8.33.